The second-order valence-corrected chi connectivity index (χ2v) is 11.1. The van der Waals surface area contributed by atoms with Gasteiger partial charge < -0.3 is 5.32 Å². The Bertz CT molecular complexity index is 846. The third-order valence-electron chi connectivity index (χ3n) is 6.90. The molecule has 1 N–H and O–H groups in total. The first-order chi connectivity index (χ1) is 14.3. The number of aryl methyl sites for hydroxylation is 2. The number of halogens is 1. The fraction of sp³-hybridized carbons (Fsp3) is 0.696. The van der Waals surface area contributed by atoms with Crippen molar-refractivity contribution in [2.45, 2.75) is 64.8 Å². The standard InChI is InChI=1S/C23H37N3O3S.ClH/c1-4-16-30(28,29)26-14-12-25(13-15-26)23(10-6-5-7-11-23)18-24-22(27)21-9-8-19(2)20(3)17-21;/h8-9,17H,4-7,10-16,18H2,1-3H3,(H,24,27);1H. The van der Waals surface area contributed by atoms with Crippen LogP contribution in [0, 0.1) is 13.8 Å². The molecule has 0 bridgehead atoms. The molecule has 31 heavy (non-hydrogen) atoms. The van der Waals surface area contributed by atoms with Crippen molar-refractivity contribution in [3.05, 3.63) is 34.9 Å². The highest BCUT2D eigenvalue weighted by Crippen LogP contribution is 2.34. The Balaban J connectivity index is 0.00000341. The number of sulfonamides is 1. The Labute approximate surface area is 194 Å². The lowest BCUT2D eigenvalue weighted by Crippen LogP contribution is -2.62. The van der Waals surface area contributed by atoms with Gasteiger partial charge in [-0.05, 0) is 56.4 Å². The summed E-state index contributed by atoms with van der Waals surface area (Å²) in [6.45, 7) is 9.19. The molecule has 0 spiro atoms. The van der Waals surface area contributed by atoms with Crippen LogP contribution in [0.3, 0.4) is 0 Å². The van der Waals surface area contributed by atoms with Crippen molar-refractivity contribution >= 4 is 28.3 Å². The van der Waals surface area contributed by atoms with Gasteiger partial charge in [-0.2, -0.15) is 4.31 Å². The monoisotopic (exact) mass is 471 g/mol. The number of rotatable bonds is 7. The van der Waals surface area contributed by atoms with Crippen LogP contribution in [0.5, 0.6) is 0 Å². The number of hydrogen-bond donors (Lipinski definition) is 1. The average Bonchev–Trinajstić information content (AvgIpc) is 2.75. The maximum Gasteiger partial charge on any atom is 0.251 e. The fourth-order valence-corrected chi connectivity index (χ4v) is 6.37. The minimum atomic E-state index is -3.14. The van der Waals surface area contributed by atoms with E-state index in [0.29, 0.717) is 31.6 Å². The first kappa shape index (κ1) is 26.1. The van der Waals surface area contributed by atoms with Crippen molar-refractivity contribution < 1.29 is 13.2 Å². The van der Waals surface area contributed by atoms with E-state index in [9.17, 15) is 13.2 Å². The lowest BCUT2D eigenvalue weighted by Gasteiger charge is -2.49. The first-order valence-corrected chi connectivity index (χ1v) is 13.0. The molecular weight excluding hydrogens is 434 g/mol. The molecular formula is C23H38ClN3O3S. The van der Waals surface area contributed by atoms with Crippen LogP contribution in [0.1, 0.15) is 66.9 Å². The van der Waals surface area contributed by atoms with Crippen molar-refractivity contribution in [3.8, 4) is 0 Å². The lowest BCUT2D eigenvalue weighted by molar-refractivity contribution is 0.0240. The summed E-state index contributed by atoms with van der Waals surface area (Å²) in [5.41, 5.74) is 2.96. The van der Waals surface area contributed by atoms with Crippen LogP contribution in [-0.2, 0) is 10.0 Å². The summed E-state index contributed by atoms with van der Waals surface area (Å²) in [6, 6.07) is 5.84. The first-order valence-electron chi connectivity index (χ1n) is 11.4. The molecule has 8 heteroatoms. The Morgan fingerprint density at radius 3 is 2.26 bits per heavy atom. The maximum absolute atomic E-state index is 12.8. The van der Waals surface area contributed by atoms with Crippen molar-refractivity contribution in [1.29, 1.82) is 0 Å². The van der Waals surface area contributed by atoms with Crippen molar-refractivity contribution in [3.63, 3.8) is 0 Å². The molecule has 3 rings (SSSR count). The van der Waals surface area contributed by atoms with E-state index >= 15 is 0 Å². The van der Waals surface area contributed by atoms with Crippen molar-refractivity contribution in [2.24, 2.45) is 0 Å². The van der Waals surface area contributed by atoms with E-state index in [1.54, 1.807) is 4.31 Å². The summed E-state index contributed by atoms with van der Waals surface area (Å²) in [4.78, 5) is 15.3. The summed E-state index contributed by atoms with van der Waals surface area (Å²) >= 11 is 0. The molecule has 1 aliphatic carbocycles. The zero-order chi connectivity index (χ0) is 21.8. The van der Waals surface area contributed by atoms with Gasteiger partial charge in [0.05, 0.1) is 5.75 Å². The van der Waals surface area contributed by atoms with E-state index in [1.807, 2.05) is 39.0 Å². The average molecular weight is 472 g/mol. The molecule has 1 saturated heterocycles. The normalized spacial score (nSPS) is 20.1. The Kier molecular flexibility index (Phi) is 9.37. The molecule has 1 aromatic rings. The Morgan fingerprint density at radius 2 is 1.68 bits per heavy atom. The SMILES string of the molecule is CCCS(=O)(=O)N1CCN(C2(CNC(=O)c3ccc(C)c(C)c3)CCCCC2)CC1.Cl. The zero-order valence-electron chi connectivity index (χ0n) is 19.2. The van der Waals surface area contributed by atoms with Gasteiger partial charge in [0.25, 0.3) is 5.91 Å². The molecule has 0 aromatic heterocycles. The number of hydrogen-bond acceptors (Lipinski definition) is 4. The molecule has 0 radical (unpaired) electrons. The fourth-order valence-electron chi connectivity index (χ4n) is 4.87. The van der Waals surface area contributed by atoms with Crippen LogP contribution in [0.2, 0.25) is 0 Å². The molecule has 1 saturated carbocycles. The molecule has 1 heterocycles. The number of nitrogens with zero attached hydrogens (tertiary/aromatic N) is 2. The van der Waals surface area contributed by atoms with Crippen molar-refractivity contribution in [2.75, 3.05) is 38.5 Å². The van der Waals surface area contributed by atoms with Gasteiger partial charge >= 0.3 is 0 Å². The van der Waals surface area contributed by atoms with Gasteiger partial charge in [-0.1, -0.05) is 32.3 Å². The Hall–Kier alpha value is -1.15. The predicted octanol–water partition coefficient (Wildman–Crippen LogP) is 3.52. The van der Waals surface area contributed by atoms with Gasteiger partial charge in [0.1, 0.15) is 0 Å². The van der Waals surface area contributed by atoms with Crippen LogP contribution in [0.15, 0.2) is 18.2 Å². The molecule has 1 aliphatic heterocycles. The van der Waals surface area contributed by atoms with Gasteiger partial charge in [-0.3, -0.25) is 9.69 Å². The molecule has 6 nitrogen and oxygen atoms in total. The second kappa shape index (κ2) is 11.1. The molecule has 176 valence electrons. The van der Waals surface area contributed by atoms with Gasteiger partial charge in [0, 0.05) is 43.8 Å². The van der Waals surface area contributed by atoms with Gasteiger partial charge in [0.15, 0.2) is 0 Å². The number of carbonyl (C=O) groups is 1. The third-order valence-corrected chi connectivity index (χ3v) is 8.97. The maximum atomic E-state index is 12.8. The molecule has 2 aliphatic rings. The van der Waals surface area contributed by atoms with Gasteiger partial charge in [-0.15, -0.1) is 12.4 Å². The second-order valence-electron chi connectivity index (χ2n) is 8.97. The van der Waals surface area contributed by atoms with Crippen LogP contribution in [0.4, 0.5) is 0 Å². The molecule has 2 fully saturated rings. The summed E-state index contributed by atoms with van der Waals surface area (Å²) in [5.74, 6) is 0.205. The summed E-state index contributed by atoms with van der Waals surface area (Å²) < 4.78 is 26.5. The Morgan fingerprint density at radius 1 is 1.03 bits per heavy atom. The zero-order valence-corrected chi connectivity index (χ0v) is 20.8. The van der Waals surface area contributed by atoms with E-state index in [4.69, 9.17) is 0 Å². The van der Waals surface area contributed by atoms with E-state index in [1.165, 1.54) is 12.0 Å². The van der Waals surface area contributed by atoms with Gasteiger partial charge in [0.2, 0.25) is 10.0 Å². The molecule has 0 atom stereocenters. The number of benzene rings is 1. The highest BCUT2D eigenvalue weighted by atomic mass is 35.5. The number of carbonyl (C=O) groups excluding carboxylic acids is 1. The largest absolute Gasteiger partial charge is 0.350 e. The summed E-state index contributed by atoms with van der Waals surface area (Å²) in [6.07, 6.45) is 6.32. The van der Waals surface area contributed by atoms with Gasteiger partial charge in [-0.25, -0.2) is 8.42 Å². The van der Waals surface area contributed by atoms with Crippen LogP contribution < -0.4 is 5.32 Å². The van der Waals surface area contributed by atoms with Crippen LogP contribution in [-0.4, -0.2) is 67.5 Å². The molecule has 1 amide bonds. The minimum Gasteiger partial charge on any atom is -0.350 e. The van der Waals surface area contributed by atoms with Crippen molar-refractivity contribution in [1.82, 2.24) is 14.5 Å². The number of amides is 1. The smallest absolute Gasteiger partial charge is 0.251 e. The van der Waals surface area contributed by atoms with E-state index in [2.05, 4.69) is 10.2 Å². The summed E-state index contributed by atoms with van der Waals surface area (Å²) in [7, 11) is -3.14. The van der Waals surface area contributed by atoms with E-state index in [0.717, 1.165) is 44.3 Å². The van der Waals surface area contributed by atoms with Crippen LogP contribution in [0.25, 0.3) is 0 Å². The highest BCUT2D eigenvalue weighted by Gasteiger charge is 2.40. The topological polar surface area (TPSA) is 69.7 Å². The lowest BCUT2D eigenvalue weighted by atomic mass is 9.79. The predicted molar refractivity (Wildman–Crippen MR) is 129 cm³/mol. The highest BCUT2D eigenvalue weighted by molar-refractivity contribution is 7.89. The van der Waals surface area contributed by atoms with E-state index < -0.39 is 10.0 Å². The quantitative estimate of drug-likeness (QED) is 0.660. The third kappa shape index (κ3) is 6.21. The summed E-state index contributed by atoms with van der Waals surface area (Å²) in [5, 5.41) is 3.20. The minimum absolute atomic E-state index is 0. The molecule has 0 unspecified atom stereocenters. The number of nitrogens with one attached hydrogen (secondary N) is 1. The van der Waals surface area contributed by atoms with E-state index in [-0.39, 0.29) is 29.6 Å². The number of piperazine rings is 1. The molecule has 1 aromatic carbocycles. The van der Waals surface area contributed by atoms with Crippen LogP contribution >= 0.6 is 12.4 Å².